The van der Waals surface area contributed by atoms with E-state index in [-0.39, 0.29) is 0 Å². The van der Waals surface area contributed by atoms with Crippen molar-refractivity contribution < 1.29 is 0 Å². The highest BCUT2D eigenvalue weighted by Crippen LogP contribution is 2.03. The van der Waals surface area contributed by atoms with Crippen molar-refractivity contribution >= 4 is 0 Å². The Hall–Kier alpha value is -0.120. The van der Waals surface area contributed by atoms with E-state index in [1.165, 1.54) is 77.7 Å². The zero-order valence-corrected chi connectivity index (χ0v) is 12.3. The second-order valence-corrected chi connectivity index (χ2v) is 5.46. The summed E-state index contributed by atoms with van der Waals surface area (Å²) < 4.78 is 0. The van der Waals surface area contributed by atoms with Gasteiger partial charge < -0.3 is 15.5 Å². The van der Waals surface area contributed by atoms with Crippen molar-refractivity contribution in [2.24, 2.45) is 0 Å². The summed E-state index contributed by atoms with van der Waals surface area (Å²) in [5.74, 6) is 0. The smallest absolute Gasteiger partial charge is 0.0107 e. The van der Waals surface area contributed by atoms with Gasteiger partial charge in [0.05, 0.1) is 0 Å². The molecule has 3 heteroatoms. The highest BCUT2D eigenvalue weighted by atomic mass is 15.2. The molecule has 0 radical (unpaired) electrons. The van der Waals surface area contributed by atoms with Crippen molar-refractivity contribution in [2.45, 2.75) is 51.9 Å². The summed E-state index contributed by atoms with van der Waals surface area (Å²) in [6, 6.07) is 0. The molecule has 0 aromatic rings. The average Bonchev–Trinajstić information content (AvgIpc) is 2.65. The molecule has 0 aromatic heterocycles. The Morgan fingerprint density at radius 2 is 1.78 bits per heavy atom. The van der Waals surface area contributed by atoms with Crippen LogP contribution in [-0.4, -0.2) is 50.7 Å². The normalized spacial score (nSPS) is 17.8. The quantitative estimate of drug-likeness (QED) is 0.586. The molecule has 0 aromatic carbocycles. The monoisotopic (exact) mass is 255 g/mol. The molecule has 0 aliphatic carbocycles. The van der Waals surface area contributed by atoms with Gasteiger partial charge in [0, 0.05) is 26.2 Å². The molecule has 1 fully saturated rings. The first-order chi connectivity index (χ1) is 8.93. The molecule has 18 heavy (non-hydrogen) atoms. The third kappa shape index (κ3) is 8.90. The molecule has 1 aliphatic heterocycles. The molecule has 0 bridgehead atoms. The Labute approximate surface area is 114 Å². The maximum Gasteiger partial charge on any atom is 0.0107 e. The number of hydrogen-bond acceptors (Lipinski definition) is 3. The van der Waals surface area contributed by atoms with Crippen LogP contribution in [0.2, 0.25) is 0 Å². The van der Waals surface area contributed by atoms with Gasteiger partial charge in [-0.25, -0.2) is 0 Å². The van der Waals surface area contributed by atoms with Crippen LogP contribution in [-0.2, 0) is 0 Å². The predicted octanol–water partition coefficient (Wildman–Crippen LogP) is 2.23. The Bertz CT molecular complexity index is 165. The minimum absolute atomic E-state index is 1.16. The van der Waals surface area contributed by atoms with Gasteiger partial charge in [-0.05, 0) is 32.5 Å². The van der Waals surface area contributed by atoms with E-state index in [4.69, 9.17) is 0 Å². The van der Waals surface area contributed by atoms with E-state index in [0.717, 1.165) is 13.1 Å². The summed E-state index contributed by atoms with van der Waals surface area (Å²) in [6.45, 7) is 10.7. The molecule has 108 valence electrons. The zero-order valence-electron chi connectivity index (χ0n) is 12.3. The number of nitrogens with one attached hydrogen (secondary N) is 2. The van der Waals surface area contributed by atoms with Crippen LogP contribution in [0.3, 0.4) is 0 Å². The summed E-state index contributed by atoms with van der Waals surface area (Å²) in [7, 11) is 0. The van der Waals surface area contributed by atoms with Crippen LogP contribution >= 0.6 is 0 Å². The maximum absolute atomic E-state index is 3.58. The second-order valence-electron chi connectivity index (χ2n) is 5.46. The minimum atomic E-state index is 1.16. The van der Waals surface area contributed by atoms with Gasteiger partial charge in [0.15, 0.2) is 0 Å². The first-order valence-corrected chi connectivity index (χ1v) is 8.07. The first-order valence-electron chi connectivity index (χ1n) is 8.07. The van der Waals surface area contributed by atoms with Gasteiger partial charge in [0.25, 0.3) is 0 Å². The summed E-state index contributed by atoms with van der Waals surface area (Å²) in [6.07, 6.45) is 9.67. The van der Waals surface area contributed by atoms with Crippen molar-refractivity contribution in [2.75, 3.05) is 45.8 Å². The number of rotatable bonds is 10. The van der Waals surface area contributed by atoms with Crippen molar-refractivity contribution in [3.63, 3.8) is 0 Å². The summed E-state index contributed by atoms with van der Waals surface area (Å²) in [4.78, 5) is 2.58. The Morgan fingerprint density at radius 1 is 0.944 bits per heavy atom. The lowest BCUT2D eigenvalue weighted by Gasteiger charge is -2.19. The summed E-state index contributed by atoms with van der Waals surface area (Å²) in [5, 5.41) is 7.03. The molecule has 0 unspecified atom stereocenters. The molecule has 1 heterocycles. The Kier molecular flexibility index (Phi) is 10.6. The van der Waals surface area contributed by atoms with E-state index in [1.807, 2.05) is 0 Å². The van der Waals surface area contributed by atoms with E-state index in [0.29, 0.717) is 0 Å². The third-order valence-corrected chi connectivity index (χ3v) is 3.74. The van der Waals surface area contributed by atoms with Crippen LogP contribution < -0.4 is 10.6 Å². The fraction of sp³-hybridized carbons (Fsp3) is 1.00. The van der Waals surface area contributed by atoms with E-state index in [2.05, 4.69) is 22.5 Å². The molecule has 0 amide bonds. The van der Waals surface area contributed by atoms with Gasteiger partial charge in [-0.2, -0.15) is 0 Å². The summed E-state index contributed by atoms with van der Waals surface area (Å²) >= 11 is 0. The molecule has 0 saturated carbocycles. The highest BCUT2D eigenvalue weighted by molar-refractivity contribution is 4.66. The SMILES string of the molecule is CCCCCCCCNCCN1CCCNCC1. The van der Waals surface area contributed by atoms with E-state index >= 15 is 0 Å². The number of nitrogens with zero attached hydrogens (tertiary/aromatic N) is 1. The molecule has 2 N–H and O–H groups in total. The largest absolute Gasteiger partial charge is 0.315 e. The molecule has 1 rings (SSSR count). The first kappa shape index (κ1) is 15.9. The number of hydrogen-bond donors (Lipinski definition) is 2. The van der Waals surface area contributed by atoms with Crippen LogP contribution in [0.4, 0.5) is 0 Å². The zero-order chi connectivity index (χ0) is 12.9. The Balaban J connectivity index is 1.80. The van der Waals surface area contributed by atoms with Crippen molar-refractivity contribution in [3.8, 4) is 0 Å². The van der Waals surface area contributed by atoms with Gasteiger partial charge in [0.2, 0.25) is 0 Å². The molecule has 0 atom stereocenters. The van der Waals surface area contributed by atoms with E-state index < -0.39 is 0 Å². The van der Waals surface area contributed by atoms with E-state index in [9.17, 15) is 0 Å². The van der Waals surface area contributed by atoms with Gasteiger partial charge in [-0.1, -0.05) is 39.0 Å². The van der Waals surface area contributed by atoms with Crippen molar-refractivity contribution in [1.82, 2.24) is 15.5 Å². The van der Waals surface area contributed by atoms with Crippen LogP contribution in [0.1, 0.15) is 51.9 Å². The average molecular weight is 255 g/mol. The van der Waals surface area contributed by atoms with Crippen molar-refractivity contribution in [1.29, 1.82) is 0 Å². The lowest BCUT2D eigenvalue weighted by molar-refractivity contribution is 0.291. The molecule has 0 spiro atoms. The molecule has 1 saturated heterocycles. The fourth-order valence-corrected chi connectivity index (χ4v) is 2.52. The van der Waals surface area contributed by atoms with Crippen molar-refractivity contribution in [3.05, 3.63) is 0 Å². The lowest BCUT2D eigenvalue weighted by Crippen LogP contribution is -2.34. The van der Waals surface area contributed by atoms with E-state index in [1.54, 1.807) is 0 Å². The summed E-state index contributed by atoms with van der Waals surface area (Å²) in [5.41, 5.74) is 0. The Morgan fingerprint density at radius 3 is 2.67 bits per heavy atom. The molecular weight excluding hydrogens is 222 g/mol. The van der Waals surface area contributed by atoms with Crippen LogP contribution in [0.5, 0.6) is 0 Å². The van der Waals surface area contributed by atoms with Crippen LogP contribution in [0.15, 0.2) is 0 Å². The molecular formula is C15H33N3. The molecule has 1 aliphatic rings. The lowest BCUT2D eigenvalue weighted by atomic mass is 10.1. The second kappa shape index (κ2) is 11.9. The van der Waals surface area contributed by atoms with Crippen LogP contribution in [0, 0.1) is 0 Å². The standard InChI is InChI=1S/C15H33N3/c1-2-3-4-5-6-7-9-16-11-14-18-13-8-10-17-12-15-18/h16-17H,2-15H2,1H3. The third-order valence-electron chi connectivity index (χ3n) is 3.74. The van der Waals surface area contributed by atoms with Gasteiger partial charge in [0.1, 0.15) is 0 Å². The van der Waals surface area contributed by atoms with Gasteiger partial charge in [-0.15, -0.1) is 0 Å². The topological polar surface area (TPSA) is 27.3 Å². The van der Waals surface area contributed by atoms with Gasteiger partial charge in [-0.3, -0.25) is 0 Å². The molecule has 3 nitrogen and oxygen atoms in total. The minimum Gasteiger partial charge on any atom is -0.315 e. The maximum atomic E-state index is 3.58. The van der Waals surface area contributed by atoms with Gasteiger partial charge >= 0.3 is 0 Å². The fourth-order valence-electron chi connectivity index (χ4n) is 2.52. The van der Waals surface area contributed by atoms with Crippen LogP contribution in [0.25, 0.3) is 0 Å². The highest BCUT2D eigenvalue weighted by Gasteiger charge is 2.06. The number of unbranched alkanes of at least 4 members (excludes halogenated alkanes) is 5. The predicted molar refractivity (Wildman–Crippen MR) is 80.2 cm³/mol.